The molecule has 0 aliphatic rings. The van der Waals surface area contributed by atoms with Gasteiger partial charge in [0.2, 0.25) is 5.91 Å². The second-order valence-electron chi connectivity index (χ2n) is 6.23. The molecule has 3 aromatic rings. The lowest BCUT2D eigenvalue weighted by molar-refractivity contribution is -0.122. The number of hydrogen-bond donors (Lipinski definition) is 1. The zero-order chi connectivity index (χ0) is 18.7. The van der Waals surface area contributed by atoms with Crippen LogP contribution in [0, 0.1) is 6.92 Å². The van der Waals surface area contributed by atoms with Crippen molar-refractivity contribution < 1.29 is 4.79 Å². The molecule has 0 radical (unpaired) electrons. The van der Waals surface area contributed by atoms with Crippen molar-refractivity contribution in [3.8, 4) is 0 Å². The van der Waals surface area contributed by atoms with E-state index in [0.29, 0.717) is 15.9 Å². The van der Waals surface area contributed by atoms with Crippen LogP contribution < -0.4 is 10.9 Å². The molecule has 0 aliphatic carbocycles. The average molecular weight is 370 g/mol. The number of aryl methyl sites for hydroxylation is 1. The second-order valence-corrected chi connectivity index (χ2v) is 6.67. The Morgan fingerprint density at radius 2 is 1.96 bits per heavy atom. The number of carbonyl (C=O) groups excluding carboxylic acids is 1. The molecule has 0 bridgehead atoms. The minimum absolute atomic E-state index is 0.0696. The van der Waals surface area contributed by atoms with Crippen LogP contribution in [0.15, 0.2) is 53.6 Å². The van der Waals surface area contributed by atoms with Gasteiger partial charge in [0, 0.05) is 5.02 Å². The van der Waals surface area contributed by atoms with Crippen LogP contribution in [0.3, 0.4) is 0 Å². The summed E-state index contributed by atoms with van der Waals surface area (Å²) in [5.41, 5.74) is 2.37. The molecule has 0 saturated carbocycles. The van der Waals surface area contributed by atoms with Crippen LogP contribution in [0.25, 0.3) is 10.9 Å². The third kappa shape index (κ3) is 3.78. The van der Waals surface area contributed by atoms with Gasteiger partial charge in [0.05, 0.1) is 23.3 Å². The monoisotopic (exact) mass is 369 g/mol. The van der Waals surface area contributed by atoms with E-state index in [0.717, 1.165) is 17.5 Å². The molecule has 3 rings (SSSR count). The molecule has 1 atom stereocenters. The Bertz CT molecular complexity index is 996. The SMILES string of the molecule is CCC(NC(=O)Cn1cnc2c(C)cccc2c1=O)c1ccc(Cl)cc1. The molecular weight excluding hydrogens is 350 g/mol. The second kappa shape index (κ2) is 7.70. The van der Waals surface area contributed by atoms with Crippen molar-refractivity contribution in [2.75, 3.05) is 0 Å². The van der Waals surface area contributed by atoms with Crippen molar-refractivity contribution in [2.45, 2.75) is 32.9 Å². The molecule has 1 N–H and O–H groups in total. The number of rotatable bonds is 5. The van der Waals surface area contributed by atoms with E-state index in [-0.39, 0.29) is 24.1 Å². The first-order valence-electron chi connectivity index (χ1n) is 8.49. The van der Waals surface area contributed by atoms with E-state index in [2.05, 4.69) is 10.3 Å². The highest BCUT2D eigenvalue weighted by Crippen LogP contribution is 2.19. The standard InChI is InChI=1S/C20H20ClN3O2/c1-3-17(14-7-9-15(21)10-8-14)23-18(25)11-24-12-22-19-13(2)5-4-6-16(19)20(24)26/h4-10,12,17H,3,11H2,1-2H3,(H,23,25). The van der Waals surface area contributed by atoms with Gasteiger partial charge in [0.15, 0.2) is 0 Å². The Kier molecular flexibility index (Phi) is 5.38. The highest BCUT2D eigenvalue weighted by Gasteiger charge is 2.14. The van der Waals surface area contributed by atoms with Gasteiger partial charge < -0.3 is 5.32 Å². The molecule has 0 fully saturated rings. The molecular formula is C20H20ClN3O2. The van der Waals surface area contributed by atoms with Crippen LogP contribution in [0.5, 0.6) is 0 Å². The highest BCUT2D eigenvalue weighted by atomic mass is 35.5. The molecule has 1 unspecified atom stereocenters. The number of hydrogen-bond acceptors (Lipinski definition) is 3. The van der Waals surface area contributed by atoms with Gasteiger partial charge in [0.1, 0.15) is 6.54 Å². The van der Waals surface area contributed by atoms with Crippen LogP contribution in [0.2, 0.25) is 5.02 Å². The number of para-hydroxylation sites is 1. The Hall–Kier alpha value is -2.66. The van der Waals surface area contributed by atoms with Crippen molar-refractivity contribution in [2.24, 2.45) is 0 Å². The fourth-order valence-corrected chi connectivity index (χ4v) is 3.09. The van der Waals surface area contributed by atoms with Gasteiger partial charge in [-0.2, -0.15) is 0 Å². The smallest absolute Gasteiger partial charge is 0.261 e. The summed E-state index contributed by atoms with van der Waals surface area (Å²) < 4.78 is 1.34. The van der Waals surface area contributed by atoms with Crippen molar-refractivity contribution >= 4 is 28.4 Å². The number of halogens is 1. The van der Waals surface area contributed by atoms with Crippen LogP contribution in [-0.4, -0.2) is 15.5 Å². The predicted octanol–water partition coefficient (Wildman–Crippen LogP) is 3.63. The van der Waals surface area contributed by atoms with E-state index in [1.54, 1.807) is 18.2 Å². The number of nitrogens with one attached hydrogen (secondary N) is 1. The Labute approximate surface area is 156 Å². The van der Waals surface area contributed by atoms with Crippen LogP contribution in [0.1, 0.15) is 30.5 Å². The summed E-state index contributed by atoms with van der Waals surface area (Å²) in [5, 5.41) is 4.14. The van der Waals surface area contributed by atoms with E-state index < -0.39 is 0 Å². The molecule has 134 valence electrons. The van der Waals surface area contributed by atoms with E-state index in [4.69, 9.17) is 11.6 Å². The maximum absolute atomic E-state index is 12.6. The number of carbonyl (C=O) groups is 1. The molecule has 1 heterocycles. The van der Waals surface area contributed by atoms with Gasteiger partial charge in [-0.05, 0) is 42.7 Å². The zero-order valence-electron chi connectivity index (χ0n) is 14.7. The summed E-state index contributed by atoms with van der Waals surface area (Å²) in [5.74, 6) is -0.234. The van der Waals surface area contributed by atoms with Crippen molar-refractivity contribution in [3.63, 3.8) is 0 Å². The van der Waals surface area contributed by atoms with Gasteiger partial charge in [0.25, 0.3) is 5.56 Å². The third-order valence-electron chi connectivity index (χ3n) is 4.39. The molecule has 1 amide bonds. The Morgan fingerprint density at radius 1 is 1.23 bits per heavy atom. The van der Waals surface area contributed by atoms with Crippen LogP contribution in [-0.2, 0) is 11.3 Å². The molecule has 26 heavy (non-hydrogen) atoms. The lowest BCUT2D eigenvalue weighted by Crippen LogP contribution is -2.34. The van der Waals surface area contributed by atoms with E-state index >= 15 is 0 Å². The number of amides is 1. The lowest BCUT2D eigenvalue weighted by Gasteiger charge is -2.18. The Balaban J connectivity index is 1.79. The van der Waals surface area contributed by atoms with Crippen LogP contribution >= 0.6 is 11.6 Å². The first-order valence-corrected chi connectivity index (χ1v) is 8.87. The molecule has 0 saturated heterocycles. The topological polar surface area (TPSA) is 64.0 Å². The van der Waals surface area contributed by atoms with Crippen molar-refractivity contribution in [3.05, 3.63) is 75.3 Å². The third-order valence-corrected chi connectivity index (χ3v) is 4.64. The maximum Gasteiger partial charge on any atom is 0.261 e. The van der Waals surface area contributed by atoms with E-state index in [1.807, 2.05) is 38.1 Å². The fraction of sp³-hybridized carbons (Fsp3) is 0.250. The van der Waals surface area contributed by atoms with Gasteiger partial charge in [-0.25, -0.2) is 4.98 Å². The zero-order valence-corrected chi connectivity index (χ0v) is 15.5. The lowest BCUT2D eigenvalue weighted by atomic mass is 10.0. The van der Waals surface area contributed by atoms with E-state index in [1.165, 1.54) is 10.9 Å². The van der Waals surface area contributed by atoms with Crippen molar-refractivity contribution in [1.29, 1.82) is 0 Å². The molecule has 2 aromatic carbocycles. The molecule has 5 nitrogen and oxygen atoms in total. The number of benzene rings is 2. The maximum atomic E-state index is 12.6. The van der Waals surface area contributed by atoms with Crippen LogP contribution in [0.4, 0.5) is 0 Å². The highest BCUT2D eigenvalue weighted by molar-refractivity contribution is 6.30. The Morgan fingerprint density at radius 3 is 2.65 bits per heavy atom. The van der Waals surface area contributed by atoms with Gasteiger partial charge in [-0.1, -0.05) is 42.8 Å². The first kappa shape index (κ1) is 18.1. The summed E-state index contributed by atoms with van der Waals surface area (Å²) in [6, 6.07) is 12.7. The summed E-state index contributed by atoms with van der Waals surface area (Å²) in [4.78, 5) is 29.4. The summed E-state index contributed by atoms with van der Waals surface area (Å²) in [6.45, 7) is 3.83. The average Bonchev–Trinajstić information content (AvgIpc) is 2.63. The quantitative estimate of drug-likeness (QED) is 0.747. The molecule has 6 heteroatoms. The number of fused-ring (bicyclic) bond motifs is 1. The van der Waals surface area contributed by atoms with Gasteiger partial charge in [-0.3, -0.25) is 14.2 Å². The summed E-state index contributed by atoms with van der Waals surface area (Å²) in [6.07, 6.45) is 2.16. The van der Waals surface area contributed by atoms with Crippen molar-refractivity contribution in [1.82, 2.24) is 14.9 Å². The number of aromatic nitrogens is 2. The first-order chi connectivity index (χ1) is 12.5. The largest absolute Gasteiger partial charge is 0.348 e. The molecule has 1 aromatic heterocycles. The van der Waals surface area contributed by atoms with E-state index in [9.17, 15) is 9.59 Å². The normalized spacial score (nSPS) is 12.1. The fourth-order valence-electron chi connectivity index (χ4n) is 2.96. The molecule has 0 spiro atoms. The predicted molar refractivity (Wildman–Crippen MR) is 103 cm³/mol. The number of nitrogens with zero attached hydrogens (tertiary/aromatic N) is 2. The summed E-state index contributed by atoms with van der Waals surface area (Å²) in [7, 11) is 0. The minimum Gasteiger partial charge on any atom is -0.348 e. The minimum atomic E-state index is -0.234. The molecule has 0 aliphatic heterocycles. The summed E-state index contributed by atoms with van der Waals surface area (Å²) >= 11 is 5.92. The van der Waals surface area contributed by atoms with Gasteiger partial charge >= 0.3 is 0 Å². The van der Waals surface area contributed by atoms with Gasteiger partial charge in [-0.15, -0.1) is 0 Å².